The van der Waals surface area contributed by atoms with Crippen LogP contribution in [0.1, 0.15) is 22.0 Å². The lowest BCUT2D eigenvalue weighted by molar-refractivity contribution is 0.0768. The number of fused-ring (bicyclic) bond motifs is 6. The van der Waals surface area contributed by atoms with Crippen LogP contribution in [0.3, 0.4) is 0 Å². The summed E-state index contributed by atoms with van der Waals surface area (Å²) in [5, 5.41) is 2.16. The van der Waals surface area contributed by atoms with E-state index in [0.29, 0.717) is 0 Å². The molecule has 0 fully saturated rings. The minimum atomic E-state index is 0.0346. The molecule has 0 saturated carbocycles. The lowest BCUT2D eigenvalue weighted by Gasteiger charge is -2.35. The Balaban J connectivity index is 1.86. The van der Waals surface area contributed by atoms with Crippen molar-refractivity contribution in [3.63, 3.8) is 0 Å². The monoisotopic (exact) mass is 260 g/mol. The van der Waals surface area contributed by atoms with Gasteiger partial charge < -0.3 is 4.74 Å². The molecule has 0 spiro atoms. The normalized spacial score (nSPS) is 24.9. The van der Waals surface area contributed by atoms with Gasteiger partial charge in [-0.1, -0.05) is 35.7 Å². The van der Waals surface area contributed by atoms with Crippen molar-refractivity contribution in [3.8, 4) is 0 Å². The number of pyridine rings is 2. The van der Waals surface area contributed by atoms with Crippen molar-refractivity contribution in [2.45, 2.75) is 20.9 Å². The predicted molar refractivity (Wildman–Crippen MR) is 66.8 cm³/mol. The molecule has 2 aromatic rings. The van der Waals surface area contributed by atoms with E-state index in [1.807, 2.05) is 24.5 Å². The summed E-state index contributed by atoms with van der Waals surface area (Å²) in [6.07, 6.45) is 3.67. The van der Waals surface area contributed by atoms with E-state index in [2.05, 4.69) is 22.1 Å². The fourth-order valence-corrected chi connectivity index (χ4v) is 4.46. The zero-order chi connectivity index (χ0) is 11.2. The molecule has 0 aliphatic carbocycles. The number of hydrogen-bond donors (Lipinski definition) is 0. The first kappa shape index (κ1) is 9.94. The molecule has 0 N–H and O–H groups in total. The summed E-state index contributed by atoms with van der Waals surface area (Å²) in [4.78, 5) is 8.85. The van der Waals surface area contributed by atoms with E-state index < -0.39 is 0 Å². The van der Waals surface area contributed by atoms with E-state index in [1.165, 1.54) is 0 Å². The van der Waals surface area contributed by atoms with Gasteiger partial charge in [0.05, 0.1) is 0 Å². The van der Waals surface area contributed by atoms with Crippen LogP contribution in [0.25, 0.3) is 0 Å². The molecule has 4 rings (SSSR count). The lowest BCUT2D eigenvalue weighted by atomic mass is 10.2. The van der Waals surface area contributed by atoms with Crippen molar-refractivity contribution in [1.82, 2.24) is 9.97 Å². The molecule has 0 amide bonds. The van der Waals surface area contributed by atoms with Gasteiger partial charge in [-0.3, -0.25) is 0 Å². The van der Waals surface area contributed by atoms with Gasteiger partial charge in [0.1, 0.15) is 20.9 Å². The largest absolute Gasteiger partial charge is 0.343 e. The van der Waals surface area contributed by atoms with Gasteiger partial charge in [0, 0.05) is 23.5 Å². The molecule has 0 radical (unpaired) electrons. The van der Waals surface area contributed by atoms with Crippen molar-refractivity contribution in [3.05, 3.63) is 47.8 Å². The number of ether oxygens (including phenoxy) is 1. The third-order valence-electron chi connectivity index (χ3n) is 2.79. The van der Waals surface area contributed by atoms with Crippen molar-refractivity contribution < 1.29 is 4.74 Å². The van der Waals surface area contributed by atoms with Crippen LogP contribution in [0.2, 0.25) is 0 Å². The summed E-state index contributed by atoms with van der Waals surface area (Å²) < 4.78 is 6.02. The molecule has 2 aliphatic heterocycles. The molecule has 3 nitrogen and oxygen atoms in total. The number of nitrogens with zero attached hydrogens (tertiary/aromatic N) is 2. The topological polar surface area (TPSA) is 35.0 Å². The highest BCUT2D eigenvalue weighted by atomic mass is 32.2. The molecule has 84 valence electrons. The first-order valence-electron chi connectivity index (χ1n) is 5.30. The first-order chi connectivity index (χ1) is 8.42. The molecular weight excluding hydrogens is 252 g/mol. The Morgan fingerprint density at radius 3 is 1.94 bits per heavy atom. The highest BCUT2D eigenvalue weighted by Gasteiger charge is 2.37. The summed E-state index contributed by atoms with van der Waals surface area (Å²) >= 11 is 3.34. The van der Waals surface area contributed by atoms with Gasteiger partial charge in [0.25, 0.3) is 0 Å². The molecule has 17 heavy (non-hydrogen) atoms. The molecule has 0 aromatic carbocycles. The summed E-state index contributed by atoms with van der Waals surface area (Å²) in [5.74, 6) is 0. The van der Waals surface area contributed by atoms with E-state index in [-0.39, 0.29) is 10.9 Å². The van der Waals surface area contributed by atoms with Gasteiger partial charge >= 0.3 is 0 Å². The predicted octanol–water partition coefficient (Wildman–Crippen LogP) is 3.40. The van der Waals surface area contributed by atoms with E-state index >= 15 is 0 Å². The van der Waals surface area contributed by atoms with Crippen molar-refractivity contribution in [2.24, 2.45) is 0 Å². The average Bonchev–Trinajstić information content (AvgIpc) is 2.39. The Kier molecular flexibility index (Phi) is 2.18. The van der Waals surface area contributed by atoms with Crippen molar-refractivity contribution in [1.29, 1.82) is 0 Å². The minimum Gasteiger partial charge on any atom is -0.343 e. The van der Waals surface area contributed by atoms with Gasteiger partial charge in [0.15, 0.2) is 0 Å². The van der Waals surface area contributed by atoms with Gasteiger partial charge in [-0.15, -0.1) is 0 Å². The zero-order valence-corrected chi connectivity index (χ0v) is 10.4. The van der Waals surface area contributed by atoms with E-state index in [4.69, 9.17) is 4.74 Å². The number of aromatic nitrogens is 2. The smallest absolute Gasteiger partial charge is 0.138 e. The molecule has 2 atom stereocenters. The lowest BCUT2D eigenvalue weighted by Crippen LogP contribution is -2.18. The molecule has 0 saturated heterocycles. The Labute approximate surface area is 107 Å². The summed E-state index contributed by atoms with van der Waals surface area (Å²) in [6, 6.07) is 8.07. The maximum absolute atomic E-state index is 6.02. The fourth-order valence-electron chi connectivity index (χ4n) is 2.01. The Bertz CT molecular complexity index is 539. The molecule has 5 heteroatoms. The standard InChI is InChI=1S/C12H8N2OS2/c1-3-7-9(13-5-1)16-12-8-4-2-6-14-10(8)17-11(7)15-12/h1-6,11-12H/t11-,12+. The molecular formula is C12H8N2OS2. The van der Waals surface area contributed by atoms with Crippen LogP contribution in [0.5, 0.6) is 0 Å². The first-order valence-corrected chi connectivity index (χ1v) is 7.06. The summed E-state index contributed by atoms with van der Waals surface area (Å²) in [7, 11) is 0. The maximum atomic E-state index is 6.02. The molecule has 4 heterocycles. The SMILES string of the molecule is c1cnc2c(c1)[C@@H]1O[C@@H](S2)c2cccnc2S1. The van der Waals surface area contributed by atoms with E-state index in [1.54, 1.807) is 23.5 Å². The number of thioether (sulfide) groups is 2. The highest BCUT2D eigenvalue weighted by Crippen LogP contribution is 2.57. The van der Waals surface area contributed by atoms with Crippen LogP contribution >= 0.6 is 23.5 Å². The third-order valence-corrected chi connectivity index (χ3v) is 5.08. The van der Waals surface area contributed by atoms with Crippen LogP contribution < -0.4 is 0 Å². The van der Waals surface area contributed by atoms with Crippen molar-refractivity contribution >= 4 is 23.5 Å². The van der Waals surface area contributed by atoms with Crippen LogP contribution in [0.4, 0.5) is 0 Å². The Morgan fingerprint density at radius 1 is 0.882 bits per heavy atom. The second-order valence-electron chi connectivity index (χ2n) is 3.83. The number of hydrogen-bond acceptors (Lipinski definition) is 5. The third kappa shape index (κ3) is 1.50. The molecule has 2 bridgehead atoms. The highest BCUT2D eigenvalue weighted by molar-refractivity contribution is 8.01. The Morgan fingerprint density at radius 2 is 1.41 bits per heavy atom. The van der Waals surface area contributed by atoms with Crippen molar-refractivity contribution in [2.75, 3.05) is 0 Å². The van der Waals surface area contributed by atoms with Crippen LogP contribution in [-0.4, -0.2) is 9.97 Å². The average molecular weight is 260 g/mol. The van der Waals surface area contributed by atoms with Gasteiger partial charge in [-0.25, -0.2) is 9.97 Å². The fraction of sp³-hybridized carbons (Fsp3) is 0.167. The quantitative estimate of drug-likeness (QED) is 0.725. The molecule has 2 aromatic heterocycles. The second kappa shape index (κ2) is 3.73. The minimum absolute atomic E-state index is 0.0346. The summed E-state index contributed by atoms with van der Waals surface area (Å²) in [6.45, 7) is 0. The molecule has 2 aliphatic rings. The summed E-state index contributed by atoms with van der Waals surface area (Å²) in [5.41, 5.74) is 2.39. The van der Waals surface area contributed by atoms with E-state index in [9.17, 15) is 0 Å². The van der Waals surface area contributed by atoms with Crippen LogP contribution in [0, 0.1) is 0 Å². The second-order valence-corrected chi connectivity index (χ2v) is 5.93. The zero-order valence-electron chi connectivity index (χ0n) is 8.74. The van der Waals surface area contributed by atoms with Crippen LogP contribution in [-0.2, 0) is 4.74 Å². The van der Waals surface area contributed by atoms with Gasteiger partial charge in [-0.05, 0) is 12.1 Å². The van der Waals surface area contributed by atoms with Gasteiger partial charge in [-0.2, -0.15) is 0 Å². The van der Waals surface area contributed by atoms with Crippen LogP contribution in [0.15, 0.2) is 46.7 Å². The van der Waals surface area contributed by atoms with E-state index in [0.717, 1.165) is 21.2 Å². The molecule has 0 unspecified atom stereocenters. The maximum Gasteiger partial charge on any atom is 0.138 e. The number of rotatable bonds is 0. The Hall–Kier alpha value is -1.04. The van der Waals surface area contributed by atoms with Gasteiger partial charge in [0.2, 0.25) is 0 Å².